The van der Waals surface area contributed by atoms with E-state index in [-0.39, 0.29) is 11.9 Å². The Hall–Kier alpha value is -1.49. The summed E-state index contributed by atoms with van der Waals surface area (Å²) < 4.78 is 12.8. The number of anilines is 1. The molecule has 2 N–H and O–H groups in total. The average Bonchev–Trinajstić information content (AvgIpc) is 2.45. The molecule has 0 aromatic carbocycles. The van der Waals surface area contributed by atoms with Crippen LogP contribution in [0.15, 0.2) is 18.3 Å². The molecule has 0 saturated carbocycles. The third-order valence-corrected chi connectivity index (χ3v) is 2.18. The second-order valence-corrected chi connectivity index (χ2v) is 3.31. The Kier molecular flexibility index (Phi) is 2.17. The summed E-state index contributed by atoms with van der Waals surface area (Å²) in [6.45, 7) is 0.447. The fraction of sp³-hybridized carbons (Fsp3) is 0.333. The van der Waals surface area contributed by atoms with E-state index in [0.717, 1.165) is 0 Å². The average molecular weight is 195 g/mol. The van der Waals surface area contributed by atoms with Gasteiger partial charge in [0.2, 0.25) is 11.9 Å². The van der Waals surface area contributed by atoms with Crippen molar-refractivity contribution in [1.29, 1.82) is 0 Å². The maximum atomic E-state index is 12.8. The molecule has 2 rings (SSSR count). The number of carbonyl (C=O) groups is 1. The highest BCUT2D eigenvalue weighted by atomic mass is 19.1. The van der Waals surface area contributed by atoms with E-state index in [1.165, 1.54) is 17.2 Å². The van der Waals surface area contributed by atoms with E-state index in [9.17, 15) is 9.18 Å². The molecule has 4 nitrogen and oxygen atoms in total. The zero-order valence-corrected chi connectivity index (χ0v) is 7.48. The SMILES string of the molecule is NC1CC(=O)N(c2ccnc(F)c2)C1. The third-order valence-electron chi connectivity index (χ3n) is 2.18. The summed E-state index contributed by atoms with van der Waals surface area (Å²) in [6.07, 6.45) is 1.66. The quantitative estimate of drug-likeness (QED) is 0.655. The molecule has 5 heteroatoms. The number of rotatable bonds is 1. The van der Waals surface area contributed by atoms with Gasteiger partial charge < -0.3 is 10.6 Å². The normalized spacial score (nSPS) is 21.7. The summed E-state index contributed by atoms with van der Waals surface area (Å²) in [6, 6.07) is 2.67. The fourth-order valence-corrected chi connectivity index (χ4v) is 1.54. The van der Waals surface area contributed by atoms with Crippen LogP contribution in [0, 0.1) is 5.95 Å². The van der Waals surface area contributed by atoms with E-state index in [1.807, 2.05) is 0 Å². The molecule has 74 valence electrons. The van der Waals surface area contributed by atoms with E-state index >= 15 is 0 Å². The number of nitrogens with two attached hydrogens (primary N) is 1. The lowest BCUT2D eigenvalue weighted by Gasteiger charge is -2.15. The smallest absolute Gasteiger partial charge is 0.228 e. The number of hydrogen-bond donors (Lipinski definition) is 1. The molecule has 1 aliphatic heterocycles. The molecule has 0 bridgehead atoms. The first-order chi connectivity index (χ1) is 6.66. The van der Waals surface area contributed by atoms with Crippen molar-refractivity contribution in [1.82, 2.24) is 4.98 Å². The third kappa shape index (κ3) is 1.58. The van der Waals surface area contributed by atoms with Crippen molar-refractivity contribution in [3.05, 3.63) is 24.3 Å². The van der Waals surface area contributed by atoms with Gasteiger partial charge in [0, 0.05) is 37.0 Å². The Morgan fingerprint density at radius 2 is 2.43 bits per heavy atom. The first-order valence-corrected chi connectivity index (χ1v) is 4.34. The maximum absolute atomic E-state index is 12.8. The van der Waals surface area contributed by atoms with Crippen LogP contribution < -0.4 is 10.6 Å². The van der Waals surface area contributed by atoms with Gasteiger partial charge in [0.25, 0.3) is 0 Å². The van der Waals surface area contributed by atoms with Gasteiger partial charge >= 0.3 is 0 Å². The zero-order chi connectivity index (χ0) is 10.1. The fourth-order valence-electron chi connectivity index (χ4n) is 1.54. The minimum Gasteiger partial charge on any atom is -0.326 e. The topological polar surface area (TPSA) is 59.2 Å². The first kappa shape index (κ1) is 9.08. The summed E-state index contributed by atoms with van der Waals surface area (Å²) >= 11 is 0. The van der Waals surface area contributed by atoms with Crippen molar-refractivity contribution in [2.75, 3.05) is 11.4 Å². The van der Waals surface area contributed by atoms with Crippen molar-refractivity contribution in [3.8, 4) is 0 Å². The van der Waals surface area contributed by atoms with E-state index in [2.05, 4.69) is 4.98 Å². The minimum atomic E-state index is -0.587. The number of nitrogens with zero attached hydrogens (tertiary/aromatic N) is 2. The number of pyridine rings is 1. The second kappa shape index (κ2) is 3.34. The molecule has 1 aliphatic rings. The van der Waals surface area contributed by atoms with Gasteiger partial charge in [-0.1, -0.05) is 0 Å². The second-order valence-electron chi connectivity index (χ2n) is 3.31. The van der Waals surface area contributed by atoms with Crippen LogP contribution in [0.25, 0.3) is 0 Å². The van der Waals surface area contributed by atoms with Crippen LogP contribution in [-0.2, 0) is 4.79 Å². The molecule has 0 radical (unpaired) electrons. The monoisotopic (exact) mass is 195 g/mol. The van der Waals surface area contributed by atoms with Crippen LogP contribution in [0.2, 0.25) is 0 Å². The van der Waals surface area contributed by atoms with Crippen molar-refractivity contribution >= 4 is 11.6 Å². The number of carbonyl (C=O) groups excluding carboxylic acids is 1. The molecular weight excluding hydrogens is 185 g/mol. The molecule has 1 saturated heterocycles. The van der Waals surface area contributed by atoms with Crippen molar-refractivity contribution in [3.63, 3.8) is 0 Å². The standard InChI is InChI=1S/C9H10FN3O/c10-8-4-7(1-2-12-8)13-5-6(11)3-9(13)14/h1-2,4,6H,3,5,11H2. The van der Waals surface area contributed by atoms with Gasteiger partial charge in [0.15, 0.2) is 0 Å². The maximum Gasteiger partial charge on any atom is 0.228 e. The molecule has 1 atom stereocenters. The molecular formula is C9H10FN3O. The summed E-state index contributed by atoms with van der Waals surface area (Å²) in [5.41, 5.74) is 6.14. The zero-order valence-electron chi connectivity index (χ0n) is 7.48. The number of amides is 1. The summed E-state index contributed by atoms with van der Waals surface area (Å²) in [5.74, 6) is -0.654. The molecule has 1 fully saturated rings. The summed E-state index contributed by atoms with van der Waals surface area (Å²) in [5, 5.41) is 0. The lowest BCUT2D eigenvalue weighted by Crippen LogP contribution is -2.28. The molecule has 0 aliphatic carbocycles. The van der Waals surface area contributed by atoms with E-state index in [4.69, 9.17) is 5.73 Å². The van der Waals surface area contributed by atoms with Gasteiger partial charge in [-0.25, -0.2) is 4.98 Å². The molecule has 1 amide bonds. The highest BCUT2D eigenvalue weighted by Crippen LogP contribution is 2.20. The van der Waals surface area contributed by atoms with Crippen LogP contribution in [0.4, 0.5) is 10.1 Å². The number of halogens is 1. The Bertz CT molecular complexity index is 369. The molecule has 1 unspecified atom stereocenters. The lowest BCUT2D eigenvalue weighted by molar-refractivity contribution is -0.117. The van der Waals surface area contributed by atoms with Crippen LogP contribution in [0.1, 0.15) is 6.42 Å². The van der Waals surface area contributed by atoms with Gasteiger partial charge in [-0.3, -0.25) is 4.79 Å². The van der Waals surface area contributed by atoms with Gasteiger partial charge in [-0.2, -0.15) is 4.39 Å². The molecule has 0 spiro atoms. The number of aromatic nitrogens is 1. The van der Waals surface area contributed by atoms with Crippen LogP contribution >= 0.6 is 0 Å². The lowest BCUT2D eigenvalue weighted by atomic mass is 10.3. The minimum absolute atomic E-state index is 0.0666. The highest BCUT2D eigenvalue weighted by molar-refractivity contribution is 5.96. The molecule has 14 heavy (non-hydrogen) atoms. The molecule has 1 aromatic rings. The highest BCUT2D eigenvalue weighted by Gasteiger charge is 2.28. The van der Waals surface area contributed by atoms with Gasteiger partial charge in [0.1, 0.15) is 0 Å². The number of hydrogen-bond acceptors (Lipinski definition) is 3. The largest absolute Gasteiger partial charge is 0.326 e. The summed E-state index contributed by atoms with van der Waals surface area (Å²) in [7, 11) is 0. The summed E-state index contributed by atoms with van der Waals surface area (Å²) in [4.78, 5) is 16.3. The Labute approximate surface area is 80.5 Å². The van der Waals surface area contributed by atoms with E-state index in [0.29, 0.717) is 18.7 Å². The predicted molar refractivity (Wildman–Crippen MR) is 49.1 cm³/mol. The Morgan fingerprint density at radius 3 is 3.00 bits per heavy atom. The first-order valence-electron chi connectivity index (χ1n) is 4.34. The Morgan fingerprint density at radius 1 is 1.64 bits per heavy atom. The van der Waals surface area contributed by atoms with Crippen molar-refractivity contribution in [2.45, 2.75) is 12.5 Å². The van der Waals surface area contributed by atoms with Gasteiger partial charge in [-0.05, 0) is 6.07 Å². The molecule has 2 heterocycles. The van der Waals surface area contributed by atoms with E-state index < -0.39 is 5.95 Å². The van der Waals surface area contributed by atoms with Crippen molar-refractivity contribution in [2.24, 2.45) is 5.73 Å². The predicted octanol–water partition coefficient (Wildman–Crippen LogP) is 0.285. The van der Waals surface area contributed by atoms with Crippen LogP contribution in [0.5, 0.6) is 0 Å². The van der Waals surface area contributed by atoms with E-state index in [1.54, 1.807) is 6.07 Å². The van der Waals surface area contributed by atoms with Crippen LogP contribution in [0.3, 0.4) is 0 Å². The molecule has 1 aromatic heterocycles. The van der Waals surface area contributed by atoms with Crippen LogP contribution in [-0.4, -0.2) is 23.5 Å². The van der Waals surface area contributed by atoms with Gasteiger partial charge in [-0.15, -0.1) is 0 Å². The van der Waals surface area contributed by atoms with Crippen molar-refractivity contribution < 1.29 is 9.18 Å². The van der Waals surface area contributed by atoms with Gasteiger partial charge in [0.05, 0.1) is 0 Å². The Balaban J connectivity index is 2.27.